The minimum absolute atomic E-state index is 0.0601. The van der Waals surface area contributed by atoms with E-state index in [1.54, 1.807) is 18.5 Å². The van der Waals surface area contributed by atoms with Crippen molar-refractivity contribution in [2.75, 3.05) is 7.05 Å². The number of pyridine rings is 2. The number of aromatic nitrogens is 3. The van der Waals surface area contributed by atoms with Gasteiger partial charge in [-0.25, -0.2) is 4.98 Å². The van der Waals surface area contributed by atoms with Gasteiger partial charge in [-0.2, -0.15) is 0 Å². The fraction of sp³-hybridized carbons (Fsp3) is 0.125. The number of hydrogen-bond acceptors (Lipinski definition) is 4. The summed E-state index contributed by atoms with van der Waals surface area (Å²) < 4.78 is 1.35. The average molecular weight is 310 g/mol. The molecule has 3 rings (SSSR count). The zero-order valence-corrected chi connectivity index (χ0v) is 12.4. The Labute approximate surface area is 131 Å². The topological polar surface area (TPSA) is 96.8 Å². The third kappa shape index (κ3) is 2.64. The van der Waals surface area contributed by atoms with Gasteiger partial charge >= 0.3 is 0 Å². The molecule has 23 heavy (non-hydrogen) atoms. The van der Waals surface area contributed by atoms with Gasteiger partial charge in [0.05, 0.1) is 6.54 Å². The fourth-order valence-electron chi connectivity index (χ4n) is 2.47. The second-order valence-electron chi connectivity index (χ2n) is 5.03. The first-order valence-electron chi connectivity index (χ1n) is 6.96. The van der Waals surface area contributed by atoms with Crippen LogP contribution in [0.5, 0.6) is 0 Å². The van der Waals surface area contributed by atoms with Gasteiger partial charge in [-0.1, -0.05) is 0 Å². The van der Waals surface area contributed by atoms with E-state index in [0.29, 0.717) is 11.9 Å². The van der Waals surface area contributed by atoms with Gasteiger partial charge in [0.25, 0.3) is 11.5 Å². The minimum Gasteiger partial charge on any atom is -0.355 e. The molecule has 0 radical (unpaired) electrons. The minimum atomic E-state index is -0.520. The van der Waals surface area contributed by atoms with Crippen LogP contribution in [0.15, 0.2) is 41.6 Å². The molecule has 0 fully saturated rings. The third-order valence-corrected chi connectivity index (χ3v) is 3.59. The normalized spacial score (nSPS) is 10.7. The largest absolute Gasteiger partial charge is 0.355 e. The Morgan fingerprint density at radius 3 is 3.04 bits per heavy atom. The molecule has 116 valence electrons. The molecule has 0 unspecified atom stereocenters. The van der Waals surface area contributed by atoms with Crippen LogP contribution in [0.3, 0.4) is 0 Å². The molecule has 7 nitrogen and oxygen atoms in total. The maximum atomic E-state index is 12.5. The number of hydrogen-bond donors (Lipinski definition) is 2. The Balaban J connectivity index is 2.11. The van der Waals surface area contributed by atoms with E-state index < -0.39 is 11.5 Å². The zero-order valence-electron chi connectivity index (χ0n) is 12.4. The number of aldehydes is 1. The van der Waals surface area contributed by atoms with E-state index in [1.807, 2.05) is 6.07 Å². The summed E-state index contributed by atoms with van der Waals surface area (Å²) in [5.74, 6) is -0.520. The maximum Gasteiger partial charge on any atom is 0.263 e. The Bertz CT molecular complexity index is 955. The Morgan fingerprint density at radius 2 is 2.30 bits per heavy atom. The number of carbonyl (C=O) groups is 2. The highest BCUT2D eigenvalue weighted by Crippen LogP contribution is 2.16. The maximum absolute atomic E-state index is 12.5. The monoisotopic (exact) mass is 310 g/mol. The van der Waals surface area contributed by atoms with Gasteiger partial charge in [0.1, 0.15) is 11.2 Å². The molecule has 0 aromatic carbocycles. The number of rotatable bonds is 4. The molecule has 0 saturated carbocycles. The van der Waals surface area contributed by atoms with Gasteiger partial charge < -0.3 is 14.9 Å². The van der Waals surface area contributed by atoms with Crippen molar-refractivity contribution in [2.45, 2.75) is 6.54 Å². The number of aromatic amines is 1. The fourth-order valence-corrected chi connectivity index (χ4v) is 2.47. The number of nitrogens with one attached hydrogen (secondary N) is 2. The lowest BCUT2D eigenvalue weighted by atomic mass is 10.1. The van der Waals surface area contributed by atoms with Crippen LogP contribution in [-0.2, 0) is 6.54 Å². The van der Waals surface area contributed by atoms with E-state index in [4.69, 9.17) is 0 Å². The first kappa shape index (κ1) is 14.7. The molecule has 3 aromatic heterocycles. The van der Waals surface area contributed by atoms with Crippen molar-refractivity contribution in [3.05, 3.63) is 63.8 Å². The molecule has 3 aromatic rings. The Morgan fingerprint density at radius 1 is 1.48 bits per heavy atom. The van der Waals surface area contributed by atoms with Crippen LogP contribution in [0.25, 0.3) is 11.0 Å². The molecule has 2 N–H and O–H groups in total. The zero-order chi connectivity index (χ0) is 16.4. The lowest BCUT2D eigenvalue weighted by Crippen LogP contribution is -2.31. The molecule has 3 heterocycles. The van der Waals surface area contributed by atoms with Crippen LogP contribution >= 0.6 is 0 Å². The number of carbonyl (C=O) groups excluding carboxylic acids is 2. The molecule has 0 aliphatic carbocycles. The summed E-state index contributed by atoms with van der Waals surface area (Å²) in [7, 11) is 1.44. The predicted molar refractivity (Wildman–Crippen MR) is 84.7 cm³/mol. The Hall–Kier alpha value is -3.22. The van der Waals surface area contributed by atoms with Crippen molar-refractivity contribution in [3.8, 4) is 0 Å². The van der Waals surface area contributed by atoms with Gasteiger partial charge in [0, 0.05) is 36.6 Å². The van der Waals surface area contributed by atoms with Crippen molar-refractivity contribution in [3.63, 3.8) is 0 Å². The van der Waals surface area contributed by atoms with Crippen molar-refractivity contribution >= 4 is 23.2 Å². The SMILES string of the molecule is CNC(=O)c1cc(C=O)cn(Cc2c[nH]c3ncccc23)c1=O. The highest BCUT2D eigenvalue weighted by atomic mass is 16.2. The van der Waals surface area contributed by atoms with Crippen LogP contribution in [0.1, 0.15) is 26.3 Å². The van der Waals surface area contributed by atoms with Crippen LogP contribution in [-0.4, -0.2) is 33.8 Å². The molecule has 0 bridgehead atoms. The highest BCUT2D eigenvalue weighted by Gasteiger charge is 2.14. The molecule has 0 saturated heterocycles. The number of nitrogens with zero attached hydrogens (tertiary/aromatic N) is 2. The number of amides is 1. The lowest BCUT2D eigenvalue weighted by molar-refractivity contribution is 0.0961. The second kappa shape index (κ2) is 5.88. The first-order valence-corrected chi connectivity index (χ1v) is 6.96. The van der Waals surface area contributed by atoms with E-state index in [0.717, 1.165) is 10.9 Å². The molecular weight excluding hydrogens is 296 g/mol. The molecule has 7 heteroatoms. The summed E-state index contributed by atoms with van der Waals surface area (Å²) in [6.45, 7) is 0.232. The standard InChI is InChI=1S/C16H14N4O3/c1-17-15(22)13-5-10(9-21)7-20(16(13)23)8-11-6-19-14-12(11)3-2-4-18-14/h2-7,9H,8H2,1H3,(H,17,22)(H,18,19). The average Bonchev–Trinajstić information content (AvgIpc) is 2.99. The molecule has 0 spiro atoms. The van der Waals surface area contributed by atoms with Gasteiger partial charge in [-0.3, -0.25) is 14.4 Å². The first-order chi connectivity index (χ1) is 11.1. The van der Waals surface area contributed by atoms with E-state index in [-0.39, 0.29) is 17.7 Å². The van der Waals surface area contributed by atoms with E-state index in [9.17, 15) is 14.4 Å². The van der Waals surface area contributed by atoms with Crippen molar-refractivity contribution in [1.29, 1.82) is 0 Å². The van der Waals surface area contributed by atoms with Crippen LogP contribution in [0.4, 0.5) is 0 Å². The van der Waals surface area contributed by atoms with Crippen LogP contribution < -0.4 is 10.9 Å². The summed E-state index contributed by atoms with van der Waals surface area (Å²) in [6, 6.07) is 4.99. The molecular formula is C16H14N4O3. The molecule has 0 aliphatic rings. The van der Waals surface area contributed by atoms with E-state index in [1.165, 1.54) is 23.9 Å². The van der Waals surface area contributed by atoms with Crippen molar-refractivity contribution in [2.24, 2.45) is 0 Å². The third-order valence-electron chi connectivity index (χ3n) is 3.59. The van der Waals surface area contributed by atoms with Gasteiger partial charge in [0.15, 0.2) is 6.29 Å². The summed E-state index contributed by atoms with van der Waals surface area (Å²) in [4.78, 5) is 42.6. The molecule has 1 amide bonds. The van der Waals surface area contributed by atoms with Crippen LogP contribution in [0, 0.1) is 0 Å². The van der Waals surface area contributed by atoms with Crippen molar-refractivity contribution < 1.29 is 9.59 Å². The summed E-state index contributed by atoms with van der Waals surface area (Å²) >= 11 is 0. The summed E-state index contributed by atoms with van der Waals surface area (Å²) in [5.41, 5.74) is 1.32. The quantitative estimate of drug-likeness (QED) is 0.701. The molecule has 0 aliphatic heterocycles. The van der Waals surface area contributed by atoms with Gasteiger partial charge in [-0.05, 0) is 23.8 Å². The van der Waals surface area contributed by atoms with E-state index >= 15 is 0 Å². The molecule has 0 atom stereocenters. The van der Waals surface area contributed by atoms with Crippen LogP contribution in [0.2, 0.25) is 0 Å². The number of fused-ring (bicyclic) bond motifs is 1. The van der Waals surface area contributed by atoms with E-state index in [2.05, 4.69) is 15.3 Å². The van der Waals surface area contributed by atoms with Gasteiger partial charge in [-0.15, -0.1) is 0 Å². The summed E-state index contributed by atoms with van der Waals surface area (Å²) in [5, 5.41) is 3.29. The Kier molecular flexibility index (Phi) is 3.76. The second-order valence-corrected chi connectivity index (χ2v) is 5.03. The smallest absolute Gasteiger partial charge is 0.263 e. The lowest BCUT2D eigenvalue weighted by Gasteiger charge is -2.08. The van der Waals surface area contributed by atoms with Gasteiger partial charge in [0.2, 0.25) is 0 Å². The summed E-state index contributed by atoms with van der Waals surface area (Å²) in [6.07, 6.45) is 5.48. The van der Waals surface area contributed by atoms with Crippen molar-refractivity contribution in [1.82, 2.24) is 19.9 Å². The number of H-pyrrole nitrogens is 1. The highest BCUT2D eigenvalue weighted by molar-refractivity contribution is 5.95. The predicted octanol–water partition coefficient (Wildman–Crippen LogP) is 0.945.